The monoisotopic (exact) mass is 436 g/mol. The molecule has 0 fully saturated rings. The van der Waals surface area contributed by atoms with Crippen LogP contribution in [0.25, 0.3) is 0 Å². The van der Waals surface area contributed by atoms with E-state index in [9.17, 15) is 14.0 Å². The Kier molecular flexibility index (Phi) is 6.39. The van der Waals surface area contributed by atoms with Gasteiger partial charge in [0.1, 0.15) is 5.82 Å². The number of nitrogens with one attached hydrogen (secondary N) is 1. The summed E-state index contributed by atoms with van der Waals surface area (Å²) in [5.74, 6) is -0.253. The molecular weight excluding hydrogens is 418 g/mol. The molecule has 29 heavy (non-hydrogen) atoms. The van der Waals surface area contributed by atoms with Crippen LogP contribution < -0.4 is 16.7 Å². The first-order valence-electron chi connectivity index (χ1n) is 8.92. The maximum absolute atomic E-state index is 13.2. The summed E-state index contributed by atoms with van der Waals surface area (Å²) in [6, 6.07) is 10.6. The number of rotatable bonds is 6. The third-order valence-electron chi connectivity index (χ3n) is 4.31. The number of aromatic nitrogens is 3. The SMILES string of the molecule is CC(C)n1c(=O)nc(NCc2ccc(Cl)c(Cl)c2)n(Cc2ccc(F)cc2)c1=O. The van der Waals surface area contributed by atoms with Gasteiger partial charge in [-0.2, -0.15) is 4.98 Å². The third kappa shape index (κ3) is 4.86. The van der Waals surface area contributed by atoms with Gasteiger partial charge in [-0.15, -0.1) is 0 Å². The van der Waals surface area contributed by atoms with Gasteiger partial charge in [0, 0.05) is 12.6 Å². The minimum absolute atomic E-state index is 0.118. The van der Waals surface area contributed by atoms with Gasteiger partial charge in [-0.3, -0.25) is 4.57 Å². The molecule has 3 rings (SSSR count). The van der Waals surface area contributed by atoms with Gasteiger partial charge in [-0.25, -0.2) is 18.5 Å². The molecule has 0 aliphatic carbocycles. The fourth-order valence-electron chi connectivity index (χ4n) is 2.83. The second-order valence-electron chi connectivity index (χ2n) is 6.78. The van der Waals surface area contributed by atoms with E-state index in [0.29, 0.717) is 15.6 Å². The van der Waals surface area contributed by atoms with Crippen molar-refractivity contribution in [3.05, 3.63) is 90.4 Å². The van der Waals surface area contributed by atoms with E-state index in [0.717, 1.165) is 10.1 Å². The average Bonchev–Trinajstić information content (AvgIpc) is 2.66. The van der Waals surface area contributed by atoms with E-state index in [4.69, 9.17) is 23.2 Å². The zero-order valence-electron chi connectivity index (χ0n) is 15.8. The Labute approximate surface area is 176 Å². The Hall–Kier alpha value is -2.64. The maximum Gasteiger partial charge on any atom is 0.355 e. The molecule has 152 valence electrons. The normalized spacial score (nSPS) is 11.1. The molecule has 0 saturated carbocycles. The van der Waals surface area contributed by atoms with Crippen LogP contribution in [-0.2, 0) is 13.1 Å². The topological polar surface area (TPSA) is 68.9 Å². The molecule has 6 nitrogen and oxygen atoms in total. The predicted octanol–water partition coefficient (Wildman–Crippen LogP) is 4.09. The van der Waals surface area contributed by atoms with Crippen molar-refractivity contribution in [1.82, 2.24) is 14.1 Å². The minimum atomic E-state index is -0.642. The quantitative estimate of drug-likeness (QED) is 0.631. The Morgan fingerprint density at radius 2 is 1.69 bits per heavy atom. The number of hydrogen-bond donors (Lipinski definition) is 1. The third-order valence-corrected chi connectivity index (χ3v) is 5.04. The van der Waals surface area contributed by atoms with E-state index in [2.05, 4.69) is 10.3 Å². The highest BCUT2D eigenvalue weighted by Gasteiger charge is 2.15. The number of hydrogen-bond acceptors (Lipinski definition) is 4. The Balaban J connectivity index is 1.99. The van der Waals surface area contributed by atoms with E-state index in [1.165, 1.54) is 16.7 Å². The van der Waals surface area contributed by atoms with Gasteiger partial charge in [0.05, 0.1) is 16.6 Å². The Bertz CT molecular complexity index is 1140. The van der Waals surface area contributed by atoms with Gasteiger partial charge >= 0.3 is 11.4 Å². The van der Waals surface area contributed by atoms with Gasteiger partial charge in [0.15, 0.2) is 0 Å². The summed E-state index contributed by atoms with van der Waals surface area (Å²) in [5.41, 5.74) is 0.356. The van der Waals surface area contributed by atoms with E-state index in [1.54, 1.807) is 44.2 Å². The number of benzene rings is 2. The first-order chi connectivity index (χ1) is 13.8. The highest BCUT2D eigenvalue weighted by atomic mass is 35.5. The van der Waals surface area contributed by atoms with Crippen molar-refractivity contribution >= 4 is 29.2 Å². The summed E-state index contributed by atoms with van der Waals surface area (Å²) in [7, 11) is 0. The molecule has 1 N–H and O–H groups in total. The summed E-state index contributed by atoms with van der Waals surface area (Å²) in [6.45, 7) is 3.87. The highest BCUT2D eigenvalue weighted by Crippen LogP contribution is 2.23. The summed E-state index contributed by atoms with van der Waals surface area (Å²) in [5, 5.41) is 3.85. The maximum atomic E-state index is 13.2. The molecule has 0 spiro atoms. The van der Waals surface area contributed by atoms with Crippen LogP contribution in [0.5, 0.6) is 0 Å². The largest absolute Gasteiger partial charge is 0.355 e. The van der Waals surface area contributed by atoms with E-state index >= 15 is 0 Å². The lowest BCUT2D eigenvalue weighted by Crippen LogP contribution is -2.43. The van der Waals surface area contributed by atoms with Crippen LogP contribution in [0.4, 0.5) is 10.3 Å². The van der Waals surface area contributed by atoms with E-state index in [1.807, 2.05) is 0 Å². The van der Waals surface area contributed by atoms with Crippen LogP contribution in [0.15, 0.2) is 52.1 Å². The summed E-state index contributed by atoms with van der Waals surface area (Å²) >= 11 is 12.0. The van der Waals surface area contributed by atoms with Crippen molar-refractivity contribution in [2.24, 2.45) is 0 Å². The average molecular weight is 437 g/mol. The first-order valence-corrected chi connectivity index (χ1v) is 9.67. The summed E-state index contributed by atoms with van der Waals surface area (Å²) in [4.78, 5) is 29.4. The highest BCUT2D eigenvalue weighted by molar-refractivity contribution is 6.42. The molecule has 2 aromatic carbocycles. The van der Waals surface area contributed by atoms with Crippen LogP contribution in [0.1, 0.15) is 31.0 Å². The molecule has 1 aromatic heterocycles. The standard InChI is InChI=1S/C20H19Cl2FN4O2/c1-12(2)27-19(28)25-18(24-10-14-5-8-16(21)17(22)9-14)26(20(27)29)11-13-3-6-15(23)7-4-13/h3-9,12H,10-11H2,1-2H3,(H,24,25,28). The van der Waals surface area contributed by atoms with Crippen LogP contribution >= 0.6 is 23.2 Å². The Morgan fingerprint density at radius 3 is 2.31 bits per heavy atom. The lowest BCUT2D eigenvalue weighted by Gasteiger charge is -2.17. The molecule has 0 aliphatic heterocycles. The fourth-order valence-corrected chi connectivity index (χ4v) is 3.15. The van der Waals surface area contributed by atoms with Crippen molar-refractivity contribution in [2.75, 3.05) is 5.32 Å². The Morgan fingerprint density at radius 1 is 1.03 bits per heavy atom. The molecule has 1 heterocycles. The predicted molar refractivity (Wildman–Crippen MR) is 112 cm³/mol. The van der Waals surface area contributed by atoms with E-state index in [-0.39, 0.29) is 30.9 Å². The zero-order valence-corrected chi connectivity index (χ0v) is 17.3. The molecule has 0 saturated heterocycles. The van der Waals surface area contributed by atoms with Crippen molar-refractivity contribution in [3.63, 3.8) is 0 Å². The lowest BCUT2D eigenvalue weighted by molar-refractivity contribution is 0.495. The number of nitrogens with zero attached hydrogens (tertiary/aromatic N) is 3. The second kappa shape index (κ2) is 8.80. The molecule has 0 unspecified atom stereocenters. The van der Waals surface area contributed by atoms with Gasteiger partial charge in [0.2, 0.25) is 5.95 Å². The van der Waals surface area contributed by atoms with Gasteiger partial charge < -0.3 is 5.32 Å². The summed E-state index contributed by atoms with van der Waals surface area (Å²) in [6.07, 6.45) is 0. The van der Waals surface area contributed by atoms with Gasteiger partial charge in [-0.05, 0) is 49.2 Å². The van der Waals surface area contributed by atoms with Gasteiger partial charge in [-0.1, -0.05) is 41.4 Å². The van der Waals surface area contributed by atoms with Crippen molar-refractivity contribution in [1.29, 1.82) is 0 Å². The minimum Gasteiger partial charge on any atom is -0.351 e. The molecule has 0 amide bonds. The second-order valence-corrected chi connectivity index (χ2v) is 7.59. The lowest BCUT2D eigenvalue weighted by atomic mass is 10.2. The van der Waals surface area contributed by atoms with Crippen molar-refractivity contribution < 1.29 is 4.39 Å². The molecule has 9 heteroatoms. The molecule has 0 atom stereocenters. The molecular formula is C20H19Cl2FN4O2. The molecule has 0 aliphatic rings. The van der Waals surface area contributed by atoms with Crippen molar-refractivity contribution in [2.45, 2.75) is 33.0 Å². The first kappa shape index (κ1) is 21.1. The number of anilines is 1. The van der Waals surface area contributed by atoms with E-state index < -0.39 is 11.4 Å². The molecule has 3 aromatic rings. The van der Waals surface area contributed by atoms with Crippen LogP contribution in [-0.4, -0.2) is 14.1 Å². The van der Waals surface area contributed by atoms with Crippen LogP contribution in [0.2, 0.25) is 10.0 Å². The zero-order chi connectivity index (χ0) is 21.1. The van der Waals surface area contributed by atoms with Gasteiger partial charge in [0.25, 0.3) is 0 Å². The smallest absolute Gasteiger partial charge is 0.351 e. The number of halogens is 3. The molecule has 0 radical (unpaired) electrons. The van der Waals surface area contributed by atoms with Crippen molar-refractivity contribution in [3.8, 4) is 0 Å². The molecule has 0 bridgehead atoms. The van der Waals surface area contributed by atoms with Crippen LogP contribution in [0, 0.1) is 5.82 Å². The summed E-state index contributed by atoms with van der Waals surface area (Å²) < 4.78 is 15.6. The van der Waals surface area contributed by atoms with Crippen LogP contribution in [0.3, 0.4) is 0 Å². The fraction of sp³-hybridized carbons (Fsp3) is 0.250.